The lowest BCUT2D eigenvalue weighted by atomic mass is 9.49. The summed E-state index contributed by atoms with van der Waals surface area (Å²) in [5.41, 5.74) is 3.92. The Morgan fingerprint density at radius 1 is 1.29 bits per heavy atom. The SMILES string of the molecule is CC[NH+](CC)CCC[C@@H](C)N(CC1=CC[C@H]2C[C@@H]1C2(C)C)C(=O)Nc1cccc(C)c1. The standard InChI is InChI=1S/C27H43N3O/c1-7-29(8-2)16-10-12-21(4)30(26(31)28-24-13-9-11-20(3)17-24)19-22-14-15-23-18-25(22)27(23,5)6/h9,11,13-14,17,21,23,25H,7-8,10,12,15-16,18-19H2,1-6H3,(H,28,31)/p+1/t21-,23+,25+/m1/s1. The molecule has 0 aliphatic heterocycles. The van der Waals surface area contributed by atoms with E-state index in [0.29, 0.717) is 11.3 Å². The van der Waals surface area contributed by atoms with Gasteiger partial charge in [-0.05, 0) is 88.3 Å². The molecule has 0 spiro atoms. The summed E-state index contributed by atoms with van der Waals surface area (Å²) in [7, 11) is 0. The van der Waals surface area contributed by atoms with E-state index < -0.39 is 0 Å². The maximum Gasteiger partial charge on any atom is 0.322 e. The summed E-state index contributed by atoms with van der Waals surface area (Å²) >= 11 is 0. The molecule has 172 valence electrons. The molecule has 0 unspecified atom stereocenters. The van der Waals surface area contributed by atoms with Crippen molar-refractivity contribution in [3.05, 3.63) is 41.5 Å². The molecule has 0 radical (unpaired) electrons. The van der Waals surface area contributed by atoms with Gasteiger partial charge >= 0.3 is 6.03 Å². The molecule has 4 nitrogen and oxygen atoms in total. The largest absolute Gasteiger partial charge is 0.335 e. The first kappa shape index (κ1) is 23.8. The molecule has 3 aliphatic carbocycles. The van der Waals surface area contributed by atoms with Gasteiger partial charge in [0.15, 0.2) is 0 Å². The normalized spacial score (nSPS) is 22.5. The van der Waals surface area contributed by atoms with Crippen molar-refractivity contribution in [3.8, 4) is 0 Å². The van der Waals surface area contributed by atoms with Crippen LogP contribution in [-0.4, -0.2) is 43.2 Å². The van der Waals surface area contributed by atoms with Crippen LogP contribution in [0.25, 0.3) is 0 Å². The third-order valence-corrected chi connectivity index (χ3v) is 8.15. The second kappa shape index (κ2) is 10.2. The van der Waals surface area contributed by atoms with Crippen molar-refractivity contribution in [2.45, 2.75) is 73.3 Å². The van der Waals surface area contributed by atoms with Gasteiger partial charge in [0.25, 0.3) is 0 Å². The fourth-order valence-electron chi connectivity index (χ4n) is 5.61. The van der Waals surface area contributed by atoms with E-state index in [-0.39, 0.29) is 12.1 Å². The highest BCUT2D eigenvalue weighted by molar-refractivity contribution is 5.89. The molecule has 2 bridgehead atoms. The van der Waals surface area contributed by atoms with Crippen LogP contribution in [0.4, 0.5) is 10.5 Å². The van der Waals surface area contributed by atoms with Crippen LogP contribution in [0.5, 0.6) is 0 Å². The van der Waals surface area contributed by atoms with Crippen LogP contribution >= 0.6 is 0 Å². The van der Waals surface area contributed by atoms with Crippen LogP contribution < -0.4 is 10.2 Å². The van der Waals surface area contributed by atoms with Crippen LogP contribution in [0.3, 0.4) is 0 Å². The number of carbonyl (C=O) groups excluding carboxylic acids is 1. The first-order valence-corrected chi connectivity index (χ1v) is 12.4. The number of benzene rings is 1. The minimum absolute atomic E-state index is 0.0356. The number of nitrogens with one attached hydrogen (secondary N) is 2. The number of hydrogen-bond donors (Lipinski definition) is 2. The number of fused-ring (bicyclic) bond motifs is 1. The van der Waals surface area contributed by atoms with Crippen molar-refractivity contribution in [2.24, 2.45) is 17.3 Å². The Kier molecular flexibility index (Phi) is 7.85. The van der Waals surface area contributed by atoms with Gasteiger partial charge in [0.1, 0.15) is 0 Å². The number of rotatable bonds is 10. The third kappa shape index (κ3) is 5.52. The van der Waals surface area contributed by atoms with E-state index in [1.165, 1.54) is 38.0 Å². The molecule has 0 aromatic heterocycles. The Hall–Kier alpha value is -1.81. The summed E-state index contributed by atoms with van der Waals surface area (Å²) in [6, 6.07) is 8.36. The van der Waals surface area contributed by atoms with Crippen LogP contribution in [-0.2, 0) is 0 Å². The fraction of sp³-hybridized carbons (Fsp3) is 0.667. The van der Waals surface area contributed by atoms with Gasteiger partial charge in [-0.15, -0.1) is 0 Å². The molecule has 4 rings (SSSR count). The molecule has 1 aromatic rings. The van der Waals surface area contributed by atoms with Crippen molar-refractivity contribution >= 4 is 11.7 Å². The van der Waals surface area contributed by atoms with Crippen LogP contribution in [0.2, 0.25) is 0 Å². The number of hydrogen-bond acceptors (Lipinski definition) is 1. The van der Waals surface area contributed by atoms with E-state index in [2.05, 4.69) is 63.9 Å². The molecule has 0 heterocycles. The molecule has 2 N–H and O–H groups in total. The molecule has 0 saturated heterocycles. The van der Waals surface area contributed by atoms with Crippen molar-refractivity contribution in [1.29, 1.82) is 0 Å². The number of urea groups is 1. The second-order valence-corrected chi connectivity index (χ2v) is 10.4. The number of carbonyl (C=O) groups is 1. The zero-order valence-corrected chi connectivity index (χ0v) is 20.6. The van der Waals surface area contributed by atoms with Gasteiger partial charge in [-0.2, -0.15) is 0 Å². The lowest BCUT2D eigenvalue weighted by Gasteiger charge is -2.57. The molecule has 31 heavy (non-hydrogen) atoms. The van der Waals surface area contributed by atoms with E-state index in [4.69, 9.17) is 0 Å². The molecule has 1 aromatic carbocycles. The Balaban J connectivity index is 1.70. The van der Waals surface area contributed by atoms with Crippen molar-refractivity contribution in [3.63, 3.8) is 0 Å². The number of nitrogens with zero attached hydrogens (tertiary/aromatic N) is 1. The van der Waals surface area contributed by atoms with E-state index in [1.54, 1.807) is 4.90 Å². The molecular weight excluding hydrogens is 382 g/mol. The molecule has 3 aliphatic rings. The van der Waals surface area contributed by atoms with E-state index in [1.807, 2.05) is 18.2 Å². The average molecular weight is 427 g/mol. The Labute approximate surface area is 190 Å². The lowest BCUT2D eigenvalue weighted by Crippen LogP contribution is -3.11. The first-order chi connectivity index (χ1) is 14.8. The predicted molar refractivity (Wildman–Crippen MR) is 131 cm³/mol. The highest BCUT2D eigenvalue weighted by Gasteiger charge is 2.51. The van der Waals surface area contributed by atoms with Gasteiger partial charge in [-0.1, -0.05) is 37.6 Å². The second-order valence-electron chi connectivity index (χ2n) is 10.4. The Morgan fingerprint density at radius 2 is 2.03 bits per heavy atom. The van der Waals surface area contributed by atoms with Gasteiger partial charge in [-0.25, -0.2) is 4.79 Å². The zero-order chi connectivity index (χ0) is 22.6. The molecule has 2 amide bonds. The van der Waals surface area contributed by atoms with Gasteiger partial charge in [-0.3, -0.25) is 0 Å². The van der Waals surface area contributed by atoms with Gasteiger partial charge in [0, 0.05) is 18.3 Å². The predicted octanol–water partition coefficient (Wildman–Crippen LogP) is 4.91. The summed E-state index contributed by atoms with van der Waals surface area (Å²) in [5, 5.41) is 3.18. The minimum Gasteiger partial charge on any atom is -0.335 e. The number of amides is 2. The monoisotopic (exact) mass is 426 g/mol. The highest BCUT2D eigenvalue weighted by Crippen LogP contribution is 2.59. The van der Waals surface area contributed by atoms with E-state index in [9.17, 15) is 4.79 Å². The molecule has 1 fully saturated rings. The maximum absolute atomic E-state index is 13.4. The van der Waals surface area contributed by atoms with Gasteiger partial charge < -0.3 is 15.1 Å². The van der Waals surface area contributed by atoms with Crippen molar-refractivity contribution < 1.29 is 9.69 Å². The van der Waals surface area contributed by atoms with Crippen molar-refractivity contribution in [1.82, 2.24) is 4.90 Å². The topological polar surface area (TPSA) is 36.8 Å². The van der Waals surface area contributed by atoms with Crippen LogP contribution in [0, 0.1) is 24.2 Å². The van der Waals surface area contributed by atoms with Gasteiger partial charge in [0.05, 0.1) is 19.6 Å². The van der Waals surface area contributed by atoms with Crippen molar-refractivity contribution in [2.75, 3.05) is 31.5 Å². The molecule has 4 heteroatoms. The zero-order valence-electron chi connectivity index (χ0n) is 20.6. The average Bonchev–Trinajstić information content (AvgIpc) is 2.74. The fourth-order valence-corrected chi connectivity index (χ4v) is 5.61. The summed E-state index contributed by atoms with van der Waals surface area (Å²) in [4.78, 5) is 17.1. The quantitative estimate of drug-likeness (QED) is 0.512. The smallest absolute Gasteiger partial charge is 0.322 e. The van der Waals surface area contributed by atoms with Crippen LogP contribution in [0.15, 0.2) is 35.9 Å². The van der Waals surface area contributed by atoms with E-state index >= 15 is 0 Å². The Morgan fingerprint density at radius 3 is 2.65 bits per heavy atom. The minimum atomic E-state index is 0.0356. The summed E-state index contributed by atoms with van der Waals surface area (Å²) in [6.45, 7) is 17.9. The maximum atomic E-state index is 13.4. The number of allylic oxidation sites excluding steroid dienone is 1. The van der Waals surface area contributed by atoms with Crippen LogP contribution in [0.1, 0.15) is 65.9 Å². The van der Waals surface area contributed by atoms with Gasteiger partial charge in [0.2, 0.25) is 0 Å². The highest BCUT2D eigenvalue weighted by atomic mass is 16.2. The molecule has 3 atom stereocenters. The Bertz CT molecular complexity index is 780. The lowest BCUT2D eigenvalue weighted by molar-refractivity contribution is -0.896. The number of aryl methyl sites for hydroxylation is 1. The third-order valence-electron chi connectivity index (χ3n) is 8.15. The summed E-state index contributed by atoms with van der Waals surface area (Å²) in [6.07, 6.45) is 7.11. The first-order valence-electron chi connectivity index (χ1n) is 12.4. The summed E-state index contributed by atoms with van der Waals surface area (Å²) in [5.74, 6) is 1.46. The number of anilines is 1. The summed E-state index contributed by atoms with van der Waals surface area (Å²) < 4.78 is 0. The molecular formula is C27H44N3O+. The van der Waals surface area contributed by atoms with E-state index in [0.717, 1.165) is 36.6 Å². The number of quaternary nitrogens is 1. The molecule has 1 saturated carbocycles.